The first-order chi connectivity index (χ1) is 17.7. The molecule has 10 heteroatoms. The summed E-state index contributed by atoms with van der Waals surface area (Å²) in [5.41, 5.74) is 1.08. The molecular weight excluding hydrogens is 498 g/mol. The molecule has 0 saturated heterocycles. The van der Waals surface area contributed by atoms with E-state index in [0.29, 0.717) is 27.3 Å². The van der Waals surface area contributed by atoms with Crippen LogP contribution in [0.3, 0.4) is 0 Å². The number of aromatic nitrogens is 1. The van der Waals surface area contributed by atoms with Crippen LogP contribution in [-0.4, -0.2) is 42.4 Å². The predicted octanol–water partition coefficient (Wildman–Crippen LogP) is 4.20. The van der Waals surface area contributed by atoms with Crippen LogP contribution in [0.4, 0.5) is 0 Å². The van der Waals surface area contributed by atoms with E-state index >= 15 is 0 Å². The van der Waals surface area contributed by atoms with Crippen molar-refractivity contribution in [3.05, 3.63) is 86.8 Å². The minimum Gasteiger partial charge on any atom is -0.495 e. The van der Waals surface area contributed by atoms with Crippen LogP contribution in [0, 0.1) is 11.3 Å². The average molecular weight is 524 g/mol. The van der Waals surface area contributed by atoms with Crippen LogP contribution in [0.2, 0.25) is 5.02 Å². The van der Waals surface area contributed by atoms with Gasteiger partial charge >= 0.3 is 5.97 Å². The molecule has 0 aliphatic rings. The first-order valence-corrected chi connectivity index (χ1v) is 11.7. The summed E-state index contributed by atoms with van der Waals surface area (Å²) < 4.78 is 11.9. The number of nitriles is 1. The van der Waals surface area contributed by atoms with Crippen molar-refractivity contribution >= 4 is 23.5 Å². The Kier molecular flexibility index (Phi) is 9.06. The molecule has 0 bridgehead atoms. The highest BCUT2D eigenvalue weighted by molar-refractivity contribution is 6.31. The molecule has 2 aromatic carbocycles. The van der Waals surface area contributed by atoms with Crippen molar-refractivity contribution in [2.24, 2.45) is 0 Å². The van der Waals surface area contributed by atoms with Gasteiger partial charge in [0.2, 0.25) is 5.91 Å². The van der Waals surface area contributed by atoms with E-state index in [1.807, 2.05) is 0 Å². The number of methoxy groups -OCH3 is 2. The van der Waals surface area contributed by atoms with E-state index in [-0.39, 0.29) is 24.3 Å². The highest BCUT2D eigenvalue weighted by atomic mass is 35.5. The van der Waals surface area contributed by atoms with E-state index < -0.39 is 29.5 Å². The minimum atomic E-state index is -1.11. The number of nitrogens with zero attached hydrogens (tertiary/aromatic N) is 2. The van der Waals surface area contributed by atoms with Crippen molar-refractivity contribution in [2.45, 2.75) is 25.4 Å². The summed E-state index contributed by atoms with van der Waals surface area (Å²) in [5.74, 6) is -1.35. The molecule has 0 radical (unpaired) electrons. The fourth-order valence-electron chi connectivity index (χ4n) is 4.06. The lowest BCUT2D eigenvalue weighted by molar-refractivity contribution is -0.125. The molecule has 0 aliphatic heterocycles. The lowest BCUT2D eigenvalue weighted by atomic mass is 10.00. The zero-order valence-corrected chi connectivity index (χ0v) is 21.3. The summed E-state index contributed by atoms with van der Waals surface area (Å²) in [7, 11) is 2.90. The van der Waals surface area contributed by atoms with Crippen LogP contribution in [0.1, 0.15) is 46.9 Å². The highest BCUT2D eigenvalue weighted by Crippen LogP contribution is 2.33. The lowest BCUT2D eigenvalue weighted by Gasteiger charge is -2.24. The van der Waals surface area contributed by atoms with Crippen LogP contribution in [-0.2, 0) is 9.53 Å². The third-order valence-corrected chi connectivity index (χ3v) is 6.14. The van der Waals surface area contributed by atoms with Crippen LogP contribution in [0.15, 0.2) is 59.5 Å². The molecule has 1 amide bonds. The summed E-state index contributed by atoms with van der Waals surface area (Å²) >= 11 is 6.13. The molecule has 2 unspecified atom stereocenters. The number of pyridine rings is 1. The monoisotopic (exact) mass is 523 g/mol. The number of aromatic carboxylic acids is 1. The molecule has 37 heavy (non-hydrogen) atoms. The number of carbonyl (C=O) groups excluding carboxylic acids is 1. The Bertz CT molecular complexity index is 1410. The van der Waals surface area contributed by atoms with Gasteiger partial charge in [0, 0.05) is 42.4 Å². The normalized spacial score (nSPS) is 12.3. The Balaban J connectivity index is 2.03. The van der Waals surface area contributed by atoms with Crippen molar-refractivity contribution in [1.29, 1.82) is 5.26 Å². The molecule has 3 rings (SSSR count). The topological polar surface area (TPSA) is 131 Å². The number of carboxylic acids is 1. The zero-order chi connectivity index (χ0) is 27.1. The predicted molar refractivity (Wildman–Crippen MR) is 138 cm³/mol. The standard InChI is InChI=1S/C27H26ClN3O6/c1-16(19-6-4-5-7-20(19)27(34)35)30-26(33)23(10-11-36-2)31-15-24(37-3)22(13-25(31)32)21-12-18(28)9-8-17(21)14-29/h4-9,12-13,15-16,23H,10-11H2,1-3H3,(H,30,33)(H,34,35). The van der Waals surface area contributed by atoms with Gasteiger partial charge in [0.15, 0.2) is 0 Å². The van der Waals surface area contributed by atoms with Gasteiger partial charge in [-0.2, -0.15) is 5.26 Å². The van der Waals surface area contributed by atoms with Crippen LogP contribution >= 0.6 is 11.6 Å². The summed E-state index contributed by atoms with van der Waals surface area (Å²) in [5, 5.41) is 22.2. The van der Waals surface area contributed by atoms with Gasteiger partial charge in [0.05, 0.1) is 36.5 Å². The molecule has 0 fully saturated rings. The van der Waals surface area contributed by atoms with E-state index in [2.05, 4.69) is 11.4 Å². The number of halogens is 1. The maximum absolute atomic E-state index is 13.4. The van der Waals surface area contributed by atoms with Crippen molar-refractivity contribution < 1.29 is 24.2 Å². The van der Waals surface area contributed by atoms with E-state index in [0.717, 1.165) is 0 Å². The van der Waals surface area contributed by atoms with Gasteiger partial charge in [-0.3, -0.25) is 14.2 Å². The molecule has 2 atom stereocenters. The Morgan fingerprint density at radius 3 is 2.54 bits per heavy atom. The largest absolute Gasteiger partial charge is 0.495 e. The van der Waals surface area contributed by atoms with Gasteiger partial charge in [-0.1, -0.05) is 29.8 Å². The van der Waals surface area contributed by atoms with Gasteiger partial charge < -0.3 is 19.9 Å². The van der Waals surface area contributed by atoms with Crippen molar-refractivity contribution in [2.75, 3.05) is 20.8 Å². The van der Waals surface area contributed by atoms with E-state index in [4.69, 9.17) is 21.1 Å². The van der Waals surface area contributed by atoms with Gasteiger partial charge in [0.25, 0.3) is 5.56 Å². The molecule has 9 nitrogen and oxygen atoms in total. The third kappa shape index (κ3) is 6.17. The number of carboxylic acid groups (broad SMARTS) is 1. The Labute approximate surface area is 218 Å². The second-order valence-electron chi connectivity index (χ2n) is 8.22. The summed E-state index contributed by atoms with van der Waals surface area (Å²) in [4.78, 5) is 38.3. The maximum Gasteiger partial charge on any atom is 0.336 e. The number of nitrogens with one attached hydrogen (secondary N) is 1. The number of hydrogen-bond acceptors (Lipinski definition) is 6. The second-order valence-corrected chi connectivity index (χ2v) is 8.66. The fourth-order valence-corrected chi connectivity index (χ4v) is 4.24. The second kappa shape index (κ2) is 12.2. The SMILES string of the molecule is COCCC(C(=O)NC(C)c1ccccc1C(=O)O)n1cc(OC)c(-c2cc(Cl)ccc2C#N)cc1=O. The maximum atomic E-state index is 13.4. The molecule has 0 saturated carbocycles. The van der Waals surface area contributed by atoms with Gasteiger partial charge in [0.1, 0.15) is 11.8 Å². The average Bonchev–Trinajstić information content (AvgIpc) is 2.89. The van der Waals surface area contributed by atoms with Crippen molar-refractivity contribution in [3.8, 4) is 22.9 Å². The van der Waals surface area contributed by atoms with Crippen LogP contribution in [0.5, 0.6) is 5.75 Å². The first-order valence-electron chi connectivity index (χ1n) is 11.3. The van der Waals surface area contributed by atoms with Gasteiger partial charge in [-0.25, -0.2) is 4.79 Å². The Hall–Kier alpha value is -4.13. The molecule has 0 aliphatic carbocycles. The number of hydrogen-bond donors (Lipinski definition) is 2. The molecule has 2 N–H and O–H groups in total. The van der Waals surface area contributed by atoms with Crippen LogP contribution < -0.4 is 15.6 Å². The Morgan fingerprint density at radius 1 is 1.16 bits per heavy atom. The van der Waals surface area contributed by atoms with E-state index in [9.17, 15) is 24.8 Å². The zero-order valence-electron chi connectivity index (χ0n) is 20.5. The Morgan fingerprint density at radius 2 is 1.89 bits per heavy atom. The van der Waals surface area contributed by atoms with Crippen molar-refractivity contribution in [3.63, 3.8) is 0 Å². The number of rotatable bonds is 10. The molecule has 1 heterocycles. The summed E-state index contributed by atoms with van der Waals surface area (Å²) in [6, 6.07) is 12.8. The fraction of sp³-hybridized carbons (Fsp3) is 0.259. The minimum absolute atomic E-state index is 0.0711. The number of benzene rings is 2. The number of ether oxygens (including phenoxy) is 2. The van der Waals surface area contributed by atoms with Gasteiger partial charge in [-0.05, 0) is 36.8 Å². The van der Waals surface area contributed by atoms with Gasteiger partial charge in [-0.15, -0.1) is 0 Å². The molecule has 1 aromatic heterocycles. The third-order valence-electron chi connectivity index (χ3n) is 5.91. The summed E-state index contributed by atoms with van der Waals surface area (Å²) in [6.45, 7) is 1.85. The van der Waals surface area contributed by atoms with E-state index in [1.165, 1.54) is 37.1 Å². The lowest BCUT2D eigenvalue weighted by Crippen LogP contribution is -2.39. The smallest absolute Gasteiger partial charge is 0.336 e. The van der Waals surface area contributed by atoms with E-state index in [1.54, 1.807) is 43.3 Å². The summed E-state index contributed by atoms with van der Waals surface area (Å²) in [6.07, 6.45) is 1.58. The number of amides is 1. The molecular formula is C27H26ClN3O6. The first kappa shape index (κ1) is 27.5. The quantitative estimate of drug-likeness (QED) is 0.407. The molecule has 0 spiro atoms. The highest BCUT2D eigenvalue weighted by Gasteiger charge is 2.26. The number of carbonyl (C=O) groups is 2. The van der Waals surface area contributed by atoms with Crippen LogP contribution in [0.25, 0.3) is 11.1 Å². The molecule has 3 aromatic rings. The molecule has 192 valence electrons. The van der Waals surface area contributed by atoms with Crippen molar-refractivity contribution in [1.82, 2.24) is 9.88 Å².